The lowest BCUT2D eigenvalue weighted by Crippen LogP contribution is -2.27. The van der Waals surface area contributed by atoms with E-state index in [1.807, 2.05) is 0 Å². The number of amides is 2. The van der Waals surface area contributed by atoms with Gasteiger partial charge >= 0.3 is 0 Å². The normalized spacial score (nSPS) is 14.0. The van der Waals surface area contributed by atoms with E-state index in [0.717, 1.165) is 0 Å². The minimum absolute atomic E-state index is 0.113. The van der Waals surface area contributed by atoms with Crippen LogP contribution < -0.4 is 5.73 Å². The van der Waals surface area contributed by atoms with E-state index in [1.165, 1.54) is 0 Å². The molecule has 0 rings (SSSR count). The Kier molecular flexibility index (Phi) is 6.28. The van der Waals surface area contributed by atoms with Gasteiger partial charge in [0, 0.05) is 11.8 Å². The maximum Gasteiger partial charge on any atom is 0.233 e. The summed E-state index contributed by atoms with van der Waals surface area (Å²) in [6, 6.07) is 0. The van der Waals surface area contributed by atoms with Gasteiger partial charge in [-0.05, 0) is 12.8 Å². The van der Waals surface area contributed by atoms with Gasteiger partial charge in [0.15, 0.2) is 0 Å². The van der Waals surface area contributed by atoms with Crippen LogP contribution in [0.1, 0.15) is 19.8 Å². The molecule has 0 heterocycles. The minimum Gasteiger partial charge on any atom is -0.369 e. The Bertz CT molecular complexity index is 232. The summed E-state index contributed by atoms with van der Waals surface area (Å²) >= 11 is 0. The molecule has 0 aliphatic heterocycles. The van der Waals surface area contributed by atoms with Crippen LogP contribution in [0.5, 0.6) is 0 Å². The van der Waals surface area contributed by atoms with E-state index in [1.54, 1.807) is 13.2 Å². The molecule has 0 aliphatic rings. The molecule has 2 amide bonds. The van der Waals surface area contributed by atoms with E-state index >= 15 is 0 Å². The molecule has 6 nitrogen and oxygen atoms in total. The zero-order chi connectivity index (χ0) is 11.8. The van der Waals surface area contributed by atoms with Gasteiger partial charge in [0.1, 0.15) is 0 Å². The van der Waals surface area contributed by atoms with E-state index in [-0.39, 0.29) is 18.9 Å². The largest absolute Gasteiger partial charge is 0.369 e. The summed E-state index contributed by atoms with van der Waals surface area (Å²) < 4.78 is 0. The van der Waals surface area contributed by atoms with E-state index in [2.05, 4.69) is 0 Å². The Balaban J connectivity index is 3.94. The van der Waals surface area contributed by atoms with Gasteiger partial charge in [-0.2, -0.15) is 0 Å². The zero-order valence-corrected chi connectivity index (χ0v) is 8.55. The second-order valence-electron chi connectivity index (χ2n) is 3.42. The third-order valence-corrected chi connectivity index (χ3v) is 2.13. The highest BCUT2D eigenvalue weighted by molar-refractivity contribution is 5.76. The maximum absolute atomic E-state index is 10.7. The number of nitrogens with two attached hydrogens (primary N) is 1. The molecule has 85 valence electrons. The third kappa shape index (κ3) is 5.79. The monoisotopic (exact) mass is 215 g/mol. The van der Waals surface area contributed by atoms with Crippen LogP contribution in [-0.4, -0.2) is 35.4 Å². The van der Waals surface area contributed by atoms with Crippen LogP contribution >= 0.6 is 0 Å². The summed E-state index contributed by atoms with van der Waals surface area (Å²) in [5.74, 6) is -1.36. The van der Waals surface area contributed by atoms with Gasteiger partial charge in [0.25, 0.3) is 0 Å². The number of hydrogen-bond donors (Lipinski definition) is 2. The van der Waals surface area contributed by atoms with Crippen molar-refractivity contribution in [3.63, 3.8) is 0 Å². The Hall–Kier alpha value is -1.43. The van der Waals surface area contributed by atoms with Crippen LogP contribution in [0, 0.1) is 11.8 Å². The van der Waals surface area contributed by atoms with Crippen molar-refractivity contribution >= 4 is 18.6 Å². The average molecular weight is 215 g/mol. The first-order valence-corrected chi connectivity index (χ1v) is 4.59. The van der Waals surface area contributed by atoms with Crippen LogP contribution in [-0.2, 0) is 14.4 Å². The van der Waals surface area contributed by atoms with Gasteiger partial charge in [0.2, 0.25) is 18.6 Å². The molecule has 0 aliphatic carbocycles. The lowest BCUT2D eigenvalue weighted by molar-refractivity contribution is -0.151. The van der Waals surface area contributed by atoms with Crippen LogP contribution in [0.3, 0.4) is 0 Å². The molecule has 0 spiro atoms. The summed E-state index contributed by atoms with van der Waals surface area (Å²) in [4.78, 5) is 31.2. The summed E-state index contributed by atoms with van der Waals surface area (Å²) in [5.41, 5.74) is 5.04. The average Bonchev–Trinajstić information content (AvgIpc) is 2.22. The highest BCUT2D eigenvalue weighted by Gasteiger charge is 2.16. The topological polar surface area (TPSA) is 101 Å². The Morgan fingerprint density at radius 1 is 1.60 bits per heavy atom. The van der Waals surface area contributed by atoms with E-state index in [0.29, 0.717) is 17.9 Å². The molecule has 6 heteroatoms. The van der Waals surface area contributed by atoms with Gasteiger partial charge in [-0.3, -0.25) is 19.6 Å². The lowest BCUT2D eigenvalue weighted by Gasteiger charge is -2.15. The fourth-order valence-corrected chi connectivity index (χ4v) is 1.05. The molecule has 0 saturated heterocycles. The number of carbonyl (C=O) groups excluding carboxylic acids is 3. The molecule has 1 radical (unpaired) electrons. The first kappa shape index (κ1) is 13.6. The van der Waals surface area contributed by atoms with E-state index in [4.69, 9.17) is 10.9 Å². The van der Waals surface area contributed by atoms with Crippen LogP contribution in [0.2, 0.25) is 0 Å². The molecule has 3 N–H and O–H groups in total. The highest BCUT2D eigenvalue weighted by Crippen LogP contribution is 2.11. The number of hydrogen-bond acceptors (Lipinski definition) is 4. The van der Waals surface area contributed by atoms with Crippen molar-refractivity contribution in [2.24, 2.45) is 17.6 Å². The van der Waals surface area contributed by atoms with Crippen LogP contribution in [0.15, 0.2) is 0 Å². The highest BCUT2D eigenvalue weighted by atomic mass is 16.5. The number of hydroxylamine groups is 2. The Morgan fingerprint density at radius 3 is 2.60 bits per heavy atom. The van der Waals surface area contributed by atoms with Crippen molar-refractivity contribution in [1.29, 1.82) is 0 Å². The lowest BCUT2D eigenvalue weighted by atomic mass is 9.97. The predicted molar refractivity (Wildman–Crippen MR) is 51.3 cm³/mol. The van der Waals surface area contributed by atoms with Gasteiger partial charge in [-0.15, -0.1) is 0 Å². The fraction of sp³-hybridized carbons (Fsp3) is 0.667. The second-order valence-corrected chi connectivity index (χ2v) is 3.42. The number of rotatable bonds is 8. The molecular weight excluding hydrogens is 200 g/mol. The first-order chi connectivity index (χ1) is 7.01. The maximum atomic E-state index is 10.7. The molecule has 0 bridgehead atoms. The van der Waals surface area contributed by atoms with Crippen molar-refractivity contribution in [2.45, 2.75) is 19.8 Å². The molecule has 15 heavy (non-hydrogen) atoms. The number of primary amides is 1. The van der Waals surface area contributed by atoms with Crippen molar-refractivity contribution in [3.05, 3.63) is 0 Å². The quantitative estimate of drug-likeness (QED) is 0.322. The van der Waals surface area contributed by atoms with Gasteiger partial charge < -0.3 is 5.73 Å². The second kappa shape index (κ2) is 6.94. The fourth-order valence-electron chi connectivity index (χ4n) is 1.05. The zero-order valence-electron chi connectivity index (χ0n) is 8.55. The standard InChI is InChI=1S/C9H15N2O4/c1-7(9(10)14)2-3-8(5-12)4-11(15)6-13/h6-8,15H,2-4H2,1H3,(H2,10,14). The SMILES string of the molecule is CC(CCC([C]=O)CN(O)C=O)C(N)=O. The molecule has 2 unspecified atom stereocenters. The van der Waals surface area contributed by atoms with Crippen LogP contribution in [0.4, 0.5) is 0 Å². The summed E-state index contributed by atoms with van der Waals surface area (Å²) in [6.45, 7) is 1.54. The van der Waals surface area contributed by atoms with Gasteiger partial charge in [0.05, 0.1) is 6.54 Å². The Labute approximate surface area is 88.0 Å². The first-order valence-electron chi connectivity index (χ1n) is 4.59. The minimum atomic E-state index is -0.595. The molecule has 0 fully saturated rings. The third-order valence-electron chi connectivity index (χ3n) is 2.13. The van der Waals surface area contributed by atoms with Crippen molar-refractivity contribution in [3.8, 4) is 0 Å². The van der Waals surface area contributed by atoms with Crippen molar-refractivity contribution < 1.29 is 19.6 Å². The van der Waals surface area contributed by atoms with Crippen molar-refractivity contribution in [2.75, 3.05) is 6.54 Å². The van der Waals surface area contributed by atoms with Gasteiger partial charge in [-0.1, -0.05) is 6.92 Å². The molecular formula is C9H15N2O4. The number of nitrogens with zero attached hydrogens (tertiary/aromatic N) is 1. The smallest absolute Gasteiger partial charge is 0.233 e. The molecule has 0 aromatic carbocycles. The van der Waals surface area contributed by atoms with Crippen LogP contribution in [0.25, 0.3) is 0 Å². The van der Waals surface area contributed by atoms with Crippen molar-refractivity contribution in [1.82, 2.24) is 5.06 Å². The molecule has 0 aromatic heterocycles. The molecule has 0 saturated carbocycles. The molecule has 0 aromatic rings. The van der Waals surface area contributed by atoms with Gasteiger partial charge in [-0.25, -0.2) is 5.06 Å². The summed E-state index contributed by atoms with van der Waals surface area (Å²) in [5, 5.41) is 9.21. The number of carbonyl (C=O) groups is 2. The summed E-state index contributed by atoms with van der Waals surface area (Å²) in [6.07, 6.45) is 2.70. The predicted octanol–water partition coefficient (Wildman–Crippen LogP) is -0.538. The summed E-state index contributed by atoms with van der Waals surface area (Å²) in [7, 11) is 0. The van der Waals surface area contributed by atoms with E-state index in [9.17, 15) is 14.4 Å². The molecule has 2 atom stereocenters. The van der Waals surface area contributed by atoms with E-state index < -0.39 is 11.8 Å². The Morgan fingerprint density at radius 2 is 2.20 bits per heavy atom.